The van der Waals surface area contributed by atoms with Crippen molar-refractivity contribution in [3.8, 4) is 5.75 Å². The van der Waals surface area contributed by atoms with Gasteiger partial charge in [0.2, 0.25) is 0 Å². The lowest BCUT2D eigenvalue weighted by Gasteiger charge is -2.54. The first-order valence-corrected chi connectivity index (χ1v) is 9.78. The molecule has 3 heterocycles. The Morgan fingerprint density at radius 3 is 2.82 bits per heavy atom. The molecule has 2 fully saturated rings. The number of carboxylic acid groups (broad SMARTS) is 1. The molecule has 2 saturated heterocycles. The molecule has 0 amide bonds. The van der Waals surface area contributed by atoms with E-state index in [2.05, 4.69) is 18.4 Å². The van der Waals surface area contributed by atoms with Crippen molar-refractivity contribution in [2.45, 2.75) is 37.3 Å². The number of ether oxygens (including phenoxy) is 1. The zero-order valence-electron chi connectivity index (χ0n) is 16.4. The Hall–Kier alpha value is -1.76. The Morgan fingerprint density at radius 1 is 1.43 bits per heavy atom. The van der Waals surface area contributed by atoms with Crippen LogP contribution in [-0.2, 0) is 10.2 Å². The van der Waals surface area contributed by atoms with E-state index >= 15 is 0 Å². The number of quaternary nitrogens is 1. The van der Waals surface area contributed by atoms with Crippen molar-refractivity contribution < 1.29 is 36.6 Å². The first kappa shape index (κ1) is 19.6. The fourth-order valence-electron chi connectivity index (χ4n) is 6.74. The third-order valence-electron chi connectivity index (χ3n) is 7.87. The summed E-state index contributed by atoms with van der Waals surface area (Å²) in [5, 5.41) is 24.1. The molecule has 1 spiro atoms. The summed E-state index contributed by atoms with van der Waals surface area (Å²) in [6.07, 6.45) is 1.22. The monoisotopic (exact) mass is 406 g/mol. The van der Waals surface area contributed by atoms with E-state index in [-0.39, 0.29) is 29.7 Å². The van der Waals surface area contributed by atoms with E-state index in [1.165, 1.54) is 5.56 Å². The zero-order valence-corrected chi connectivity index (χ0v) is 17.2. The number of benzene rings is 1. The molecule has 0 aromatic heterocycles. The second kappa shape index (κ2) is 6.12. The van der Waals surface area contributed by atoms with Crippen molar-refractivity contribution in [1.82, 2.24) is 0 Å². The van der Waals surface area contributed by atoms with Crippen LogP contribution >= 0.6 is 0 Å². The highest BCUT2D eigenvalue weighted by Gasteiger charge is 2.69. The number of methoxy groups -OCH3 is 1. The summed E-state index contributed by atoms with van der Waals surface area (Å²) in [4.78, 5) is 12.4. The zero-order chi connectivity index (χ0) is 19.1. The summed E-state index contributed by atoms with van der Waals surface area (Å²) >= 11 is 0. The molecular formula is C21H27ClN2O4. The first-order valence-electron chi connectivity index (χ1n) is 9.78. The lowest BCUT2D eigenvalue weighted by Crippen LogP contribution is -3.00. The van der Waals surface area contributed by atoms with Crippen LogP contribution in [0.4, 0.5) is 5.69 Å². The SMILES string of the molecule is COc1cccc2c1NC1=C(C(=O)O)[C@H]3C[C@H]4[C@]12CC[N@@+]4(C)C[C@@H]3[C@@H](C)O.[Cl-]. The van der Waals surface area contributed by atoms with Gasteiger partial charge in [-0.3, -0.25) is 0 Å². The molecule has 2 bridgehead atoms. The summed E-state index contributed by atoms with van der Waals surface area (Å²) in [6, 6.07) is 6.40. The molecule has 6 atom stereocenters. The van der Waals surface area contributed by atoms with Crippen LogP contribution in [0.5, 0.6) is 5.75 Å². The third kappa shape index (κ3) is 2.14. The Labute approximate surface area is 171 Å². The molecular weight excluding hydrogens is 380 g/mol. The highest BCUT2D eigenvalue weighted by Crippen LogP contribution is 2.64. The normalized spacial score (nSPS) is 38.1. The van der Waals surface area contributed by atoms with Gasteiger partial charge in [-0.2, -0.15) is 0 Å². The molecule has 6 nitrogen and oxygen atoms in total. The highest BCUT2D eigenvalue weighted by molar-refractivity contribution is 5.92. The molecule has 1 aromatic carbocycles. The number of rotatable bonds is 3. The number of para-hydroxylation sites is 1. The first-order chi connectivity index (χ1) is 12.8. The molecule has 0 unspecified atom stereocenters. The minimum atomic E-state index is -0.860. The van der Waals surface area contributed by atoms with Crippen LogP contribution in [0, 0.1) is 11.8 Å². The maximum absolute atomic E-state index is 12.4. The number of fused-ring (bicyclic) bond motifs is 2. The fourth-order valence-corrected chi connectivity index (χ4v) is 6.74. The van der Waals surface area contributed by atoms with Crippen LogP contribution in [0.2, 0.25) is 0 Å². The molecule has 1 aromatic rings. The minimum absolute atomic E-state index is 0. The van der Waals surface area contributed by atoms with Crippen molar-refractivity contribution >= 4 is 11.7 Å². The standard InChI is InChI=1S/C21H26N2O4.ClH/c1-11(24)13-10-23(2)8-7-21-14-5-4-6-15(27-3)18(14)22-19(21)17(20(25)26)12(13)9-16(21)23;/h4-6,11-13,16,22,24H,7-10H2,1-3H3;1H/t11-,12+,13-,16+,21-,23+;/m1./s1. The largest absolute Gasteiger partial charge is 1.00 e. The molecule has 3 aliphatic heterocycles. The predicted octanol–water partition coefficient (Wildman–Crippen LogP) is -1.05. The van der Waals surface area contributed by atoms with E-state index in [4.69, 9.17) is 4.74 Å². The van der Waals surface area contributed by atoms with Crippen LogP contribution in [-0.4, -0.2) is 60.1 Å². The van der Waals surface area contributed by atoms with Gasteiger partial charge in [-0.25, -0.2) is 4.79 Å². The number of aliphatic hydroxyl groups excluding tert-OH is 1. The average molecular weight is 407 g/mol. The lowest BCUT2D eigenvalue weighted by atomic mass is 9.59. The molecule has 152 valence electrons. The van der Waals surface area contributed by atoms with Gasteiger partial charge < -0.3 is 37.2 Å². The summed E-state index contributed by atoms with van der Waals surface area (Å²) in [5.74, 6) is -0.252. The number of aliphatic hydroxyl groups is 1. The van der Waals surface area contributed by atoms with Gasteiger partial charge in [-0.1, -0.05) is 12.1 Å². The minimum Gasteiger partial charge on any atom is -1.00 e. The second-order valence-corrected chi connectivity index (χ2v) is 8.97. The summed E-state index contributed by atoms with van der Waals surface area (Å²) in [5.41, 5.74) is 3.14. The number of piperidine rings is 1. The number of aliphatic carboxylic acids is 1. The summed E-state index contributed by atoms with van der Waals surface area (Å²) < 4.78 is 6.48. The van der Waals surface area contributed by atoms with Crippen molar-refractivity contribution in [3.63, 3.8) is 0 Å². The summed E-state index contributed by atoms with van der Waals surface area (Å²) in [7, 11) is 3.94. The molecule has 28 heavy (non-hydrogen) atoms. The molecule has 3 N–H and O–H groups in total. The third-order valence-corrected chi connectivity index (χ3v) is 7.87. The number of likely N-dealkylation sites (N-methyl/N-ethyl adjacent to an activating group) is 1. The van der Waals surface area contributed by atoms with E-state index in [1.54, 1.807) is 14.0 Å². The van der Waals surface area contributed by atoms with E-state index in [1.807, 2.05) is 12.1 Å². The molecule has 0 radical (unpaired) electrons. The Morgan fingerprint density at radius 2 is 2.18 bits per heavy atom. The van der Waals surface area contributed by atoms with Crippen LogP contribution < -0.4 is 22.5 Å². The number of anilines is 1. The Balaban J connectivity index is 0.00000192. The average Bonchev–Trinajstić information content (AvgIpc) is 3.14. The van der Waals surface area contributed by atoms with Gasteiger partial charge in [0.25, 0.3) is 0 Å². The number of nitrogens with one attached hydrogen (secondary N) is 1. The number of halogens is 1. The van der Waals surface area contributed by atoms with Crippen molar-refractivity contribution in [2.24, 2.45) is 11.8 Å². The van der Waals surface area contributed by atoms with Gasteiger partial charge in [0.15, 0.2) is 0 Å². The molecule has 1 aliphatic carbocycles. The number of hydrogen-bond donors (Lipinski definition) is 3. The van der Waals surface area contributed by atoms with Crippen LogP contribution in [0.15, 0.2) is 29.5 Å². The van der Waals surface area contributed by atoms with Gasteiger partial charge in [0.1, 0.15) is 11.8 Å². The van der Waals surface area contributed by atoms with Gasteiger partial charge >= 0.3 is 5.97 Å². The van der Waals surface area contributed by atoms with Gasteiger partial charge in [-0.05, 0) is 18.6 Å². The van der Waals surface area contributed by atoms with Crippen molar-refractivity contribution in [2.75, 3.05) is 32.6 Å². The van der Waals surface area contributed by atoms with Crippen LogP contribution in [0.3, 0.4) is 0 Å². The number of hydrogen-bond acceptors (Lipinski definition) is 4. The van der Waals surface area contributed by atoms with Crippen molar-refractivity contribution in [1.29, 1.82) is 0 Å². The summed E-state index contributed by atoms with van der Waals surface area (Å²) in [6.45, 7) is 3.63. The number of nitrogens with zero attached hydrogens (tertiary/aromatic N) is 1. The predicted molar refractivity (Wildman–Crippen MR) is 101 cm³/mol. The van der Waals surface area contributed by atoms with Crippen LogP contribution in [0.25, 0.3) is 0 Å². The maximum Gasteiger partial charge on any atom is 0.333 e. The van der Waals surface area contributed by atoms with Gasteiger partial charge in [0, 0.05) is 30.4 Å². The van der Waals surface area contributed by atoms with Gasteiger partial charge in [-0.15, -0.1) is 0 Å². The number of carboxylic acids is 1. The number of carbonyl (C=O) groups is 1. The fraction of sp³-hybridized carbons (Fsp3) is 0.571. The van der Waals surface area contributed by atoms with E-state index in [0.29, 0.717) is 11.6 Å². The Bertz CT molecular complexity index is 885. The van der Waals surface area contributed by atoms with Gasteiger partial charge in [0.05, 0.1) is 50.0 Å². The van der Waals surface area contributed by atoms with E-state index in [9.17, 15) is 15.0 Å². The maximum atomic E-state index is 12.4. The quantitative estimate of drug-likeness (QED) is 0.558. The topological polar surface area (TPSA) is 78.8 Å². The van der Waals surface area contributed by atoms with E-state index in [0.717, 1.165) is 47.5 Å². The molecule has 0 saturated carbocycles. The lowest BCUT2D eigenvalue weighted by molar-refractivity contribution is -0.933. The molecule has 4 aliphatic rings. The van der Waals surface area contributed by atoms with Crippen molar-refractivity contribution in [3.05, 3.63) is 35.0 Å². The Kier molecular flexibility index (Phi) is 4.27. The smallest absolute Gasteiger partial charge is 0.333 e. The second-order valence-electron chi connectivity index (χ2n) is 8.97. The highest BCUT2D eigenvalue weighted by atomic mass is 35.5. The molecule has 7 heteroatoms. The van der Waals surface area contributed by atoms with Crippen LogP contribution in [0.1, 0.15) is 25.3 Å². The molecule has 5 rings (SSSR count). The van der Waals surface area contributed by atoms with E-state index < -0.39 is 12.1 Å².